The minimum Gasteiger partial charge on any atom is -0.294 e. The molecule has 2 fully saturated rings. The summed E-state index contributed by atoms with van der Waals surface area (Å²) in [6, 6.07) is 6.36. The Bertz CT molecular complexity index is 772. The smallest absolute Gasteiger partial charge is 0.258 e. The van der Waals surface area contributed by atoms with Crippen LogP contribution in [-0.2, 0) is 6.54 Å². The number of hydrogen-bond acceptors (Lipinski definition) is 3. The second-order valence-electron chi connectivity index (χ2n) is 7.64. The molecule has 2 aromatic heterocycles. The predicted octanol–water partition coefficient (Wildman–Crippen LogP) is 3.55. The van der Waals surface area contributed by atoms with Crippen molar-refractivity contribution in [2.45, 2.75) is 64.5 Å². The van der Waals surface area contributed by atoms with Crippen molar-refractivity contribution in [3.8, 4) is 0 Å². The van der Waals surface area contributed by atoms with Crippen molar-refractivity contribution in [3.05, 3.63) is 46.0 Å². The summed E-state index contributed by atoms with van der Waals surface area (Å²) < 4.78 is 1.65. The maximum Gasteiger partial charge on any atom is 0.258 e. The van der Waals surface area contributed by atoms with Crippen LogP contribution in [0.15, 0.2) is 29.2 Å². The summed E-state index contributed by atoms with van der Waals surface area (Å²) in [5, 5.41) is 0. The van der Waals surface area contributed by atoms with Crippen molar-refractivity contribution in [1.82, 2.24) is 14.3 Å². The highest BCUT2D eigenvalue weighted by Crippen LogP contribution is 2.32. The number of rotatable bonds is 5. The number of nitrogens with zero attached hydrogens (tertiary/aromatic N) is 3. The van der Waals surface area contributed by atoms with Crippen LogP contribution in [0.3, 0.4) is 0 Å². The zero-order chi connectivity index (χ0) is 16.5. The lowest BCUT2D eigenvalue weighted by molar-refractivity contribution is 0.184. The Hall–Kier alpha value is -1.68. The van der Waals surface area contributed by atoms with Gasteiger partial charge in [0.25, 0.3) is 5.56 Å². The molecule has 4 nitrogen and oxygen atoms in total. The molecule has 0 N–H and O–H groups in total. The topological polar surface area (TPSA) is 37.6 Å². The van der Waals surface area contributed by atoms with Crippen LogP contribution < -0.4 is 5.56 Å². The fraction of sp³-hybridized carbons (Fsp3) is 0.600. The highest BCUT2D eigenvalue weighted by molar-refractivity contribution is 5.46. The second-order valence-corrected chi connectivity index (χ2v) is 7.64. The molecule has 128 valence electrons. The first-order chi connectivity index (χ1) is 11.7. The van der Waals surface area contributed by atoms with E-state index in [-0.39, 0.29) is 5.56 Å². The van der Waals surface area contributed by atoms with E-state index in [1.807, 2.05) is 25.3 Å². The third-order valence-corrected chi connectivity index (χ3v) is 5.59. The average Bonchev–Trinajstić information content (AvgIpc) is 3.41. The third kappa shape index (κ3) is 3.39. The molecule has 0 bridgehead atoms. The van der Waals surface area contributed by atoms with Crippen molar-refractivity contribution >= 4 is 5.65 Å². The van der Waals surface area contributed by atoms with E-state index in [1.165, 1.54) is 51.5 Å². The molecule has 0 atom stereocenters. The van der Waals surface area contributed by atoms with Crippen molar-refractivity contribution < 1.29 is 0 Å². The molecule has 0 radical (unpaired) electrons. The molecule has 4 heteroatoms. The number of fused-ring (bicyclic) bond motifs is 1. The Kier molecular flexibility index (Phi) is 4.40. The molecule has 0 saturated heterocycles. The van der Waals surface area contributed by atoms with Crippen LogP contribution in [0.1, 0.15) is 56.2 Å². The number of aromatic nitrogens is 2. The van der Waals surface area contributed by atoms with Crippen molar-refractivity contribution in [2.75, 3.05) is 6.54 Å². The Labute approximate surface area is 143 Å². The van der Waals surface area contributed by atoms with Gasteiger partial charge in [0.1, 0.15) is 5.65 Å². The molecule has 0 aliphatic heterocycles. The number of hydrogen-bond donors (Lipinski definition) is 0. The van der Waals surface area contributed by atoms with Gasteiger partial charge in [0.15, 0.2) is 0 Å². The average molecular weight is 325 g/mol. The van der Waals surface area contributed by atoms with E-state index in [4.69, 9.17) is 4.98 Å². The predicted molar refractivity (Wildman–Crippen MR) is 96.2 cm³/mol. The largest absolute Gasteiger partial charge is 0.294 e. The Balaban J connectivity index is 1.56. The van der Waals surface area contributed by atoms with Gasteiger partial charge in [-0.2, -0.15) is 0 Å². The van der Waals surface area contributed by atoms with E-state index in [1.54, 1.807) is 10.5 Å². The van der Waals surface area contributed by atoms with Crippen LogP contribution in [0.4, 0.5) is 0 Å². The van der Waals surface area contributed by atoms with Crippen LogP contribution in [-0.4, -0.2) is 26.9 Å². The minimum absolute atomic E-state index is 0.0344. The molecule has 0 unspecified atom stereocenters. The molecule has 2 aromatic rings. The quantitative estimate of drug-likeness (QED) is 0.844. The lowest BCUT2D eigenvalue weighted by atomic mass is 9.89. The van der Waals surface area contributed by atoms with Crippen molar-refractivity contribution in [1.29, 1.82) is 0 Å². The summed E-state index contributed by atoms with van der Waals surface area (Å²) in [6.07, 6.45) is 11.3. The first-order valence-corrected chi connectivity index (χ1v) is 9.42. The summed E-state index contributed by atoms with van der Waals surface area (Å²) in [5.41, 5.74) is 2.82. The monoisotopic (exact) mass is 325 g/mol. The van der Waals surface area contributed by atoms with Gasteiger partial charge in [0.05, 0.1) is 5.69 Å². The van der Waals surface area contributed by atoms with E-state index in [9.17, 15) is 4.79 Å². The van der Waals surface area contributed by atoms with Gasteiger partial charge < -0.3 is 0 Å². The molecule has 2 heterocycles. The molecule has 2 aliphatic rings. The molecule has 0 aromatic carbocycles. The Morgan fingerprint density at radius 3 is 2.75 bits per heavy atom. The van der Waals surface area contributed by atoms with Crippen LogP contribution in [0, 0.1) is 12.8 Å². The Morgan fingerprint density at radius 1 is 1.21 bits per heavy atom. The standard InChI is InChI=1S/C20H27N3O/c1-15-6-5-11-23-19(24)12-17(21-20(15)23)14-22(18-9-10-18)13-16-7-3-2-4-8-16/h5-6,11-12,16,18H,2-4,7-10,13-14H2,1H3. The summed E-state index contributed by atoms with van der Waals surface area (Å²) in [5.74, 6) is 0.836. The molecular formula is C20H27N3O. The van der Waals surface area contributed by atoms with Gasteiger partial charge in [-0.1, -0.05) is 25.3 Å². The molecule has 2 aliphatic carbocycles. The maximum absolute atomic E-state index is 12.4. The van der Waals surface area contributed by atoms with Crippen molar-refractivity contribution in [2.24, 2.45) is 5.92 Å². The van der Waals surface area contributed by atoms with E-state index in [2.05, 4.69) is 4.90 Å². The minimum atomic E-state index is 0.0344. The molecular weight excluding hydrogens is 298 g/mol. The number of pyridine rings is 1. The van der Waals surface area contributed by atoms with E-state index in [0.717, 1.165) is 29.4 Å². The van der Waals surface area contributed by atoms with E-state index in [0.29, 0.717) is 6.04 Å². The summed E-state index contributed by atoms with van der Waals surface area (Å²) in [6.45, 7) is 4.02. The summed E-state index contributed by atoms with van der Waals surface area (Å²) in [7, 11) is 0. The van der Waals surface area contributed by atoms with Crippen LogP contribution in [0.25, 0.3) is 5.65 Å². The third-order valence-electron chi connectivity index (χ3n) is 5.59. The van der Waals surface area contributed by atoms with Gasteiger partial charge >= 0.3 is 0 Å². The van der Waals surface area contributed by atoms with E-state index < -0.39 is 0 Å². The molecule has 2 saturated carbocycles. The highest BCUT2D eigenvalue weighted by atomic mass is 16.1. The van der Waals surface area contributed by atoms with Gasteiger partial charge in [-0.25, -0.2) is 4.98 Å². The summed E-state index contributed by atoms with van der Waals surface area (Å²) in [4.78, 5) is 19.8. The summed E-state index contributed by atoms with van der Waals surface area (Å²) >= 11 is 0. The van der Waals surface area contributed by atoms with E-state index >= 15 is 0 Å². The molecule has 4 rings (SSSR count). The molecule has 0 spiro atoms. The SMILES string of the molecule is Cc1cccn2c(=O)cc(CN(CC3CCCCC3)C3CC3)nc12. The van der Waals surface area contributed by atoms with Gasteiger partial charge in [-0.05, 0) is 50.2 Å². The van der Waals surface area contributed by atoms with Gasteiger partial charge in [0.2, 0.25) is 0 Å². The lowest BCUT2D eigenvalue weighted by Crippen LogP contribution is -2.33. The fourth-order valence-electron chi connectivity index (χ4n) is 4.08. The van der Waals surface area contributed by atoms with Crippen LogP contribution in [0.2, 0.25) is 0 Å². The van der Waals surface area contributed by atoms with Crippen LogP contribution >= 0.6 is 0 Å². The normalized spacial score (nSPS) is 19.2. The maximum atomic E-state index is 12.4. The fourth-order valence-corrected chi connectivity index (χ4v) is 4.08. The van der Waals surface area contributed by atoms with Gasteiger partial charge in [-0.15, -0.1) is 0 Å². The first-order valence-electron chi connectivity index (χ1n) is 9.42. The Morgan fingerprint density at radius 2 is 2.00 bits per heavy atom. The number of aryl methyl sites for hydroxylation is 1. The van der Waals surface area contributed by atoms with Gasteiger partial charge in [0, 0.05) is 31.4 Å². The highest BCUT2D eigenvalue weighted by Gasteiger charge is 2.31. The zero-order valence-corrected chi connectivity index (χ0v) is 14.6. The molecule has 24 heavy (non-hydrogen) atoms. The zero-order valence-electron chi connectivity index (χ0n) is 14.6. The lowest BCUT2D eigenvalue weighted by Gasteiger charge is -2.29. The van der Waals surface area contributed by atoms with Crippen molar-refractivity contribution in [3.63, 3.8) is 0 Å². The second kappa shape index (κ2) is 6.67. The van der Waals surface area contributed by atoms with Gasteiger partial charge in [-0.3, -0.25) is 14.1 Å². The van der Waals surface area contributed by atoms with Crippen LogP contribution in [0.5, 0.6) is 0 Å². The first kappa shape index (κ1) is 15.8. The molecule has 0 amide bonds.